The highest BCUT2D eigenvalue weighted by molar-refractivity contribution is 9.11. The van der Waals surface area contributed by atoms with Gasteiger partial charge in [-0.3, -0.25) is 10.5 Å². The summed E-state index contributed by atoms with van der Waals surface area (Å²) in [5.74, 6) is 0.721. The minimum Gasteiger partial charge on any atom is -0.491 e. The summed E-state index contributed by atoms with van der Waals surface area (Å²) in [5, 5.41) is 15.2. The number of ether oxygens (including phenoxy) is 1. The molecular weight excluding hydrogens is 520 g/mol. The van der Waals surface area contributed by atoms with Gasteiger partial charge >= 0.3 is 5.95 Å². The van der Waals surface area contributed by atoms with Crippen molar-refractivity contribution in [1.29, 1.82) is 0 Å². The standard InChI is InChI=1S/C19H26Br2N6O3/c1-27(2)6-3-7-30-17-14(20)8-12(9-15(17)21)10-16(26-29)18(28)23-5-4-13-11-24-19(22)25-13/h8-9,11,29H,3-7,10H2,1-2H3,(H,23,28)(H3,22,24,25)/p+1/b26-16+. The van der Waals surface area contributed by atoms with Gasteiger partial charge in [-0.25, -0.2) is 9.97 Å². The van der Waals surface area contributed by atoms with Crippen molar-refractivity contribution in [3.63, 3.8) is 0 Å². The molecule has 1 amide bonds. The molecule has 0 unspecified atom stereocenters. The normalized spacial score (nSPS) is 11.7. The van der Waals surface area contributed by atoms with Gasteiger partial charge in [0.1, 0.15) is 17.2 Å². The lowest BCUT2D eigenvalue weighted by Crippen LogP contribution is -2.33. The number of nitrogens with two attached hydrogens (primary N) is 1. The molecule has 0 saturated carbocycles. The van der Waals surface area contributed by atoms with E-state index < -0.39 is 5.91 Å². The second-order valence-corrected chi connectivity index (χ2v) is 8.68. The molecule has 0 bridgehead atoms. The molecule has 9 nitrogen and oxygen atoms in total. The maximum absolute atomic E-state index is 12.3. The Labute approximate surface area is 192 Å². The second kappa shape index (κ2) is 11.9. The number of oxime groups is 1. The molecule has 1 heterocycles. The zero-order valence-corrected chi connectivity index (χ0v) is 20.1. The highest BCUT2D eigenvalue weighted by atomic mass is 79.9. The first-order chi connectivity index (χ1) is 14.3. The number of anilines is 1. The maximum Gasteiger partial charge on any atom is 0.350 e. The molecule has 0 aliphatic heterocycles. The predicted molar refractivity (Wildman–Crippen MR) is 122 cm³/mol. The summed E-state index contributed by atoms with van der Waals surface area (Å²) in [6.07, 6.45) is 3.38. The lowest BCUT2D eigenvalue weighted by atomic mass is 10.1. The highest BCUT2D eigenvalue weighted by Gasteiger charge is 2.16. The molecule has 30 heavy (non-hydrogen) atoms. The average Bonchev–Trinajstić information content (AvgIpc) is 3.09. The topological polar surface area (TPSA) is 130 Å². The number of carbonyl (C=O) groups is 1. The molecule has 2 rings (SSSR count). The van der Waals surface area contributed by atoms with Gasteiger partial charge in [-0.05, 0) is 70.1 Å². The Hall–Kier alpha value is -2.11. The van der Waals surface area contributed by atoms with E-state index in [4.69, 9.17) is 10.5 Å². The molecule has 6 N–H and O–H groups in total. The third-order valence-electron chi connectivity index (χ3n) is 4.19. The fourth-order valence-electron chi connectivity index (χ4n) is 2.72. The predicted octanol–water partition coefficient (Wildman–Crippen LogP) is 2.00. The number of nitrogen functional groups attached to an aromatic ring is 1. The Bertz CT molecular complexity index is 862. The first kappa shape index (κ1) is 24.2. The van der Waals surface area contributed by atoms with Gasteiger partial charge in [0.05, 0.1) is 21.7 Å². The van der Waals surface area contributed by atoms with Crippen molar-refractivity contribution in [1.82, 2.24) is 15.2 Å². The lowest BCUT2D eigenvalue weighted by molar-refractivity contribution is -0.358. The summed E-state index contributed by atoms with van der Waals surface area (Å²) in [6, 6.07) is 3.70. The number of benzene rings is 1. The first-order valence-corrected chi connectivity index (χ1v) is 11.0. The van der Waals surface area contributed by atoms with Gasteiger partial charge in [0.2, 0.25) is 0 Å². The van der Waals surface area contributed by atoms with Crippen LogP contribution in [0.4, 0.5) is 5.95 Å². The van der Waals surface area contributed by atoms with Crippen molar-refractivity contribution in [3.05, 3.63) is 38.5 Å². The van der Waals surface area contributed by atoms with Crippen LogP contribution in [-0.2, 0) is 17.6 Å². The Morgan fingerprint density at radius 3 is 2.63 bits per heavy atom. The lowest BCUT2D eigenvalue weighted by Gasteiger charge is -2.14. The number of amides is 1. The molecular formula is C19H27Br2N6O3+. The summed E-state index contributed by atoms with van der Waals surface area (Å²) < 4.78 is 7.37. The van der Waals surface area contributed by atoms with E-state index in [2.05, 4.69) is 57.2 Å². The van der Waals surface area contributed by atoms with Gasteiger partial charge in [0.15, 0.2) is 0 Å². The monoisotopic (exact) mass is 545 g/mol. The number of hydrogen-bond acceptors (Lipinski definition) is 6. The number of hydrogen-bond donors (Lipinski definition) is 4. The molecule has 11 heteroatoms. The Balaban J connectivity index is 1.91. The van der Waals surface area contributed by atoms with Crippen molar-refractivity contribution in [2.24, 2.45) is 5.16 Å². The average molecular weight is 547 g/mol. The quantitative estimate of drug-likeness (QED) is 0.148. The number of aromatic amines is 2. The van der Waals surface area contributed by atoms with Crippen molar-refractivity contribution in [3.8, 4) is 5.75 Å². The van der Waals surface area contributed by atoms with Gasteiger partial charge in [0.25, 0.3) is 5.91 Å². The third-order valence-corrected chi connectivity index (χ3v) is 5.36. The number of H-pyrrole nitrogens is 2. The van der Waals surface area contributed by atoms with E-state index in [9.17, 15) is 10.0 Å². The van der Waals surface area contributed by atoms with Crippen LogP contribution in [-0.4, -0.2) is 60.5 Å². The number of nitrogens with one attached hydrogen (secondary N) is 3. The molecule has 1 aromatic heterocycles. The molecule has 0 radical (unpaired) electrons. The molecule has 0 fully saturated rings. The number of imidazole rings is 1. The van der Waals surface area contributed by atoms with Crippen molar-refractivity contribution < 1.29 is 19.7 Å². The Morgan fingerprint density at radius 1 is 1.37 bits per heavy atom. The van der Waals surface area contributed by atoms with Crippen molar-refractivity contribution in [2.75, 3.05) is 39.5 Å². The van der Waals surface area contributed by atoms with E-state index in [1.807, 2.05) is 26.2 Å². The van der Waals surface area contributed by atoms with Crippen LogP contribution in [0.3, 0.4) is 0 Å². The summed E-state index contributed by atoms with van der Waals surface area (Å²) in [5.41, 5.74) is 7.26. The SMILES string of the molecule is CN(C)CCCOc1c(Br)cc(C/C(=N\O)C(=O)NCCc2c[nH+]c(N)[nH]2)cc1Br. The number of rotatable bonds is 11. The molecule has 0 aliphatic rings. The van der Waals surface area contributed by atoms with Gasteiger partial charge in [0, 0.05) is 25.9 Å². The molecule has 164 valence electrons. The number of aromatic nitrogens is 2. The number of carbonyl (C=O) groups excluding carboxylic acids is 1. The summed E-state index contributed by atoms with van der Waals surface area (Å²) in [4.78, 5) is 20.2. The molecule has 0 spiro atoms. The maximum atomic E-state index is 12.3. The third kappa shape index (κ3) is 7.62. The Morgan fingerprint density at radius 2 is 2.07 bits per heavy atom. The molecule has 2 aromatic rings. The molecule has 0 saturated heterocycles. The van der Waals surface area contributed by atoms with E-state index >= 15 is 0 Å². The van der Waals surface area contributed by atoms with Crippen molar-refractivity contribution in [2.45, 2.75) is 19.3 Å². The summed E-state index contributed by atoms with van der Waals surface area (Å²) >= 11 is 7.03. The minimum atomic E-state index is -0.433. The van der Waals surface area contributed by atoms with Gasteiger partial charge in [-0.1, -0.05) is 5.16 Å². The largest absolute Gasteiger partial charge is 0.491 e. The van der Waals surface area contributed by atoms with Gasteiger partial charge in [-0.15, -0.1) is 0 Å². The van der Waals surface area contributed by atoms with Gasteiger partial charge < -0.3 is 20.2 Å². The fourth-order valence-corrected chi connectivity index (χ4v) is 4.23. The van der Waals surface area contributed by atoms with Crippen LogP contribution in [0.5, 0.6) is 5.75 Å². The van der Waals surface area contributed by atoms with E-state index in [0.29, 0.717) is 31.3 Å². The van der Waals surface area contributed by atoms with E-state index in [1.165, 1.54) is 0 Å². The fraction of sp³-hybridized carbons (Fsp3) is 0.421. The molecule has 0 atom stereocenters. The van der Waals surface area contributed by atoms with Crippen LogP contribution in [0.2, 0.25) is 0 Å². The summed E-state index contributed by atoms with van der Waals surface area (Å²) in [7, 11) is 4.04. The molecule has 1 aromatic carbocycles. The van der Waals surface area contributed by atoms with Crippen LogP contribution >= 0.6 is 31.9 Å². The highest BCUT2D eigenvalue weighted by Crippen LogP contribution is 2.35. The first-order valence-electron chi connectivity index (χ1n) is 9.39. The van der Waals surface area contributed by atoms with Crippen LogP contribution in [0.25, 0.3) is 0 Å². The Kier molecular flexibility index (Phi) is 9.60. The zero-order chi connectivity index (χ0) is 22.1. The minimum absolute atomic E-state index is 0.0195. The van der Waals surface area contributed by atoms with Crippen LogP contribution in [0, 0.1) is 0 Å². The summed E-state index contributed by atoms with van der Waals surface area (Å²) in [6.45, 7) is 1.90. The second-order valence-electron chi connectivity index (χ2n) is 6.98. The van der Waals surface area contributed by atoms with Crippen LogP contribution in [0.15, 0.2) is 32.4 Å². The van der Waals surface area contributed by atoms with Crippen molar-refractivity contribution >= 4 is 49.4 Å². The van der Waals surface area contributed by atoms with Crippen LogP contribution in [0.1, 0.15) is 17.7 Å². The number of halogens is 2. The van der Waals surface area contributed by atoms with Gasteiger partial charge in [-0.2, -0.15) is 0 Å². The van der Waals surface area contributed by atoms with Crippen LogP contribution < -0.4 is 20.8 Å². The zero-order valence-electron chi connectivity index (χ0n) is 17.0. The molecule has 0 aliphatic carbocycles. The number of nitrogens with zero attached hydrogens (tertiary/aromatic N) is 2. The smallest absolute Gasteiger partial charge is 0.350 e. The van der Waals surface area contributed by atoms with E-state index in [0.717, 1.165) is 33.2 Å². The van der Waals surface area contributed by atoms with E-state index in [1.54, 1.807) is 6.20 Å². The van der Waals surface area contributed by atoms with E-state index in [-0.39, 0.29) is 12.1 Å².